The summed E-state index contributed by atoms with van der Waals surface area (Å²) >= 11 is 0. The van der Waals surface area contributed by atoms with E-state index in [2.05, 4.69) is 6.42 Å². The highest BCUT2D eigenvalue weighted by molar-refractivity contribution is 7.85. The van der Waals surface area contributed by atoms with Crippen LogP contribution in [0.5, 0.6) is 0 Å². The molecule has 0 atom stereocenters. The highest BCUT2D eigenvalue weighted by atomic mass is 32.2. The molecule has 0 aromatic carbocycles. The van der Waals surface area contributed by atoms with E-state index < -0.39 is 18.7 Å². The van der Waals surface area contributed by atoms with E-state index in [1.165, 1.54) is 5.66 Å². The topological polar surface area (TPSA) is 54.4 Å². The van der Waals surface area contributed by atoms with Gasteiger partial charge in [-0.1, -0.05) is 0 Å². The first kappa shape index (κ1) is 12.4. The van der Waals surface area contributed by atoms with Crippen LogP contribution in [0.25, 0.3) is 0 Å². The molecule has 0 spiro atoms. The Balaban J connectivity index is 0. The fourth-order valence-electron chi connectivity index (χ4n) is 0. The van der Waals surface area contributed by atoms with Gasteiger partial charge in [-0.05, 0) is 5.66 Å². The lowest BCUT2D eigenvalue weighted by Crippen LogP contribution is -1.88. The Morgan fingerprint density at radius 2 is 1.70 bits per heavy atom. The van der Waals surface area contributed by atoms with Crippen molar-refractivity contribution in [1.29, 1.82) is 0 Å². The summed E-state index contributed by atoms with van der Waals surface area (Å²) in [6, 6.07) is 0. The molecule has 0 aromatic rings. The van der Waals surface area contributed by atoms with Crippen molar-refractivity contribution in [2.45, 2.75) is 0 Å². The standard InChI is InChI=1S/C2HF2P.CH4O3S/c1-2-5(3)4;1-5(2,3)4/h1H;1H3,(H,2,3,4). The zero-order valence-electron chi connectivity index (χ0n) is 4.95. The molecule has 7 heteroatoms. The molecule has 1 N–H and O–H groups in total. The summed E-state index contributed by atoms with van der Waals surface area (Å²) in [7, 11) is -6.74. The van der Waals surface area contributed by atoms with Gasteiger partial charge in [-0.15, -0.1) is 6.42 Å². The molecule has 0 aromatic heterocycles. The Kier molecular flexibility index (Phi) is 6.89. The minimum Gasteiger partial charge on any atom is -0.286 e. The molecular formula is C3H5F2O3PS. The van der Waals surface area contributed by atoms with Crippen LogP contribution in [0.4, 0.5) is 8.39 Å². The first-order valence-electron chi connectivity index (χ1n) is 1.77. The van der Waals surface area contributed by atoms with Crippen molar-refractivity contribution in [1.82, 2.24) is 0 Å². The van der Waals surface area contributed by atoms with Gasteiger partial charge >= 0.3 is 8.54 Å². The third-order valence-corrected chi connectivity index (χ3v) is 0.293. The van der Waals surface area contributed by atoms with Crippen molar-refractivity contribution in [2.24, 2.45) is 0 Å². The molecule has 0 aliphatic carbocycles. The quantitative estimate of drug-likeness (QED) is 0.356. The number of hydrogen-bond donors (Lipinski definition) is 1. The Morgan fingerprint density at radius 3 is 1.70 bits per heavy atom. The summed E-state index contributed by atoms with van der Waals surface area (Å²) in [5, 5.41) is 0. The maximum atomic E-state index is 10.6. The van der Waals surface area contributed by atoms with Gasteiger partial charge in [-0.25, -0.2) is 0 Å². The maximum absolute atomic E-state index is 10.6. The molecule has 0 heterocycles. The molecule has 0 aliphatic heterocycles. The van der Waals surface area contributed by atoms with Crippen molar-refractivity contribution >= 4 is 18.7 Å². The zero-order valence-corrected chi connectivity index (χ0v) is 6.66. The van der Waals surface area contributed by atoms with E-state index in [-0.39, 0.29) is 0 Å². The zero-order chi connectivity index (χ0) is 8.78. The highest BCUT2D eigenvalue weighted by Gasteiger charge is 1.89. The molecule has 0 unspecified atom stereocenters. The molecule has 0 fully saturated rings. The molecule has 10 heavy (non-hydrogen) atoms. The fraction of sp³-hybridized carbons (Fsp3) is 0.333. The van der Waals surface area contributed by atoms with Crippen LogP contribution in [0.1, 0.15) is 0 Å². The van der Waals surface area contributed by atoms with Gasteiger partial charge in [0, 0.05) is 0 Å². The predicted molar refractivity (Wildman–Crippen MR) is 35.4 cm³/mol. The lowest BCUT2D eigenvalue weighted by atomic mass is 11.4. The SMILES string of the molecule is C#CP(F)F.CS(=O)(=O)O. The smallest absolute Gasteiger partial charge is 0.286 e. The second-order valence-electron chi connectivity index (χ2n) is 1.10. The molecule has 0 bridgehead atoms. The third kappa shape index (κ3) is 114. The molecular weight excluding hydrogens is 185 g/mol. The van der Waals surface area contributed by atoms with Gasteiger partial charge in [-0.3, -0.25) is 4.55 Å². The van der Waals surface area contributed by atoms with Crippen molar-refractivity contribution in [3.05, 3.63) is 0 Å². The van der Waals surface area contributed by atoms with E-state index in [1.54, 1.807) is 0 Å². The summed E-state index contributed by atoms with van der Waals surface area (Å²) in [5.41, 5.74) is 1.26. The van der Waals surface area contributed by atoms with E-state index in [0.29, 0.717) is 6.26 Å². The molecule has 0 aliphatic rings. The minimum atomic E-state index is -3.67. The van der Waals surface area contributed by atoms with E-state index in [4.69, 9.17) is 4.55 Å². The van der Waals surface area contributed by atoms with Crippen LogP contribution in [0.3, 0.4) is 0 Å². The Morgan fingerprint density at radius 1 is 1.60 bits per heavy atom. The number of hydrogen-bond acceptors (Lipinski definition) is 2. The predicted octanol–water partition coefficient (Wildman–Crippen LogP) is 1.33. The van der Waals surface area contributed by atoms with Crippen molar-refractivity contribution in [3.63, 3.8) is 0 Å². The lowest BCUT2D eigenvalue weighted by Gasteiger charge is -1.69. The van der Waals surface area contributed by atoms with Gasteiger partial charge in [0.1, 0.15) is 0 Å². The van der Waals surface area contributed by atoms with Crippen molar-refractivity contribution < 1.29 is 21.4 Å². The molecule has 0 rings (SSSR count). The van der Waals surface area contributed by atoms with Crippen LogP contribution in [0.15, 0.2) is 0 Å². The first-order chi connectivity index (χ1) is 4.27. The van der Waals surface area contributed by atoms with Crippen LogP contribution in [0, 0.1) is 12.1 Å². The largest absolute Gasteiger partial charge is 0.344 e. The Labute approximate surface area is 59.2 Å². The van der Waals surface area contributed by atoms with Crippen LogP contribution in [0.2, 0.25) is 0 Å². The number of rotatable bonds is 0. The number of halogens is 2. The number of terminal acetylenes is 1. The van der Waals surface area contributed by atoms with Crippen molar-refractivity contribution in [2.75, 3.05) is 6.26 Å². The molecule has 3 nitrogen and oxygen atoms in total. The summed E-state index contributed by atoms with van der Waals surface area (Å²) in [6.45, 7) is 0. The fourth-order valence-corrected chi connectivity index (χ4v) is 0. The molecule has 0 amide bonds. The highest BCUT2D eigenvalue weighted by Crippen LogP contribution is 2.35. The average Bonchev–Trinajstić information content (AvgIpc) is 1.61. The molecule has 0 saturated heterocycles. The molecule has 0 saturated carbocycles. The van der Waals surface area contributed by atoms with E-state index in [0.717, 1.165) is 0 Å². The third-order valence-electron chi connectivity index (χ3n) is 0.0976. The Hall–Kier alpha value is -0.240. The van der Waals surface area contributed by atoms with Crippen LogP contribution < -0.4 is 0 Å². The van der Waals surface area contributed by atoms with Gasteiger partial charge in [-0.2, -0.15) is 16.8 Å². The van der Waals surface area contributed by atoms with Gasteiger partial charge in [0.25, 0.3) is 10.1 Å². The summed E-state index contributed by atoms with van der Waals surface area (Å²) < 4.78 is 47.1. The van der Waals surface area contributed by atoms with E-state index >= 15 is 0 Å². The van der Waals surface area contributed by atoms with Crippen LogP contribution in [-0.2, 0) is 10.1 Å². The van der Waals surface area contributed by atoms with Gasteiger partial charge < -0.3 is 0 Å². The van der Waals surface area contributed by atoms with Gasteiger partial charge in [0.2, 0.25) is 0 Å². The monoisotopic (exact) mass is 190 g/mol. The van der Waals surface area contributed by atoms with Crippen molar-refractivity contribution in [3.8, 4) is 12.1 Å². The van der Waals surface area contributed by atoms with Crippen LogP contribution >= 0.6 is 8.54 Å². The second kappa shape index (κ2) is 5.54. The maximum Gasteiger partial charge on any atom is 0.344 e. The average molecular weight is 190 g/mol. The minimum absolute atomic E-state index is 0.715. The van der Waals surface area contributed by atoms with Gasteiger partial charge in [0.15, 0.2) is 0 Å². The first-order valence-corrected chi connectivity index (χ1v) is 4.75. The van der Waals surface area contributed by atoms with E-state index in [9.17, 15) is 16.8 Å². The summed E-state index contributed by atoms with van der Waals surface area (Å²) in [5.74, 6) is 0. The second-order valence-corrected chi connectivity index (χ2v) is 3.29. The summed E-state index contributed by atoms with van der Waals surface area (Å²) in [6.07, 6.45) is 4.92. The molecule has 60 valence electrons. The van der Waals surface area contributed by atoms with E-state index in [1.807, 2.05) is 0 Å². The molecule has 0 radical (unpaired) electrons. The summed E-state index contributed by atoms with van der Waals surface area (Å²) in [4.78, 5) is 0. The Bertz CT molecular complexity index is 196. The lowest BCUT2D eigenvalue weighted by molar-refractivity contribution is 0.490. The van der Waals surface area contributed by atoms with Crippen LogP contribution in [-0.4, -0.2) is 19.2 Å². The normalized spacial score (nSPS) is 9.60. The van der Waals surface area contributed by atoms with Gasteiger partial charge in [0.05, 0.1) is 6.26 Å².